The van der Waals surface area contributed by atoms with Gasteiger partial charge in [0.25, 0.3) is 11.5 Å². The minimum Gasteiger partial charge on any atom is -0.344 e. The van der Waals surface area contributed by atoms with E-state index < -0.39 is 35.1 Å². The number of amides is 1. The molecule has 0 saturated carbocycles. The standard InChI is InChI=1S/C23H21F4N3O2/c1-14(2)12-20(15-4-3-5-16(13-15)23(25,26)27)28-22(32)19-10-11-21(31)30(29-19)18-8-6-17(24)7-9-18/h3-11,13-14,20H,12H2,1-2H3,(H,28,32)/t20-/m0/s1. The van der Waals surface area contributed by atoms with Crippen LogP contribution in [-0.4, -0.2) is 15.7 Å². The summed E-state index contributed by atoms with van der Waals surface area (Å²) in [5, 5.41) is 6.77. The lowest BCUT2D eigenvalue weighted by molar-refractivity contribution is -0.137. The highest BCUT2D eigenvalue weighted by Gasteiger charge is 2.31. The third-order valence-corrected chi connectivity index (χ3v) is 4.73. The molecule has 1 N–H and O–H groups in total. The number of rotatable bonds is 6. The van der Waals surface area contributed by atoms with E-state index in [1.165, 1.54) is 30.3 Å². The predicted octanol–water partition coefficient (Wildman–Crippen LogP) is 4.91. The van der Waals surface area contributed by atoms with Crippen molar-refractivity contribution < 1.29 is 22.4 Å². The van der Waals surface area contributed by atoms with Gasteiger partial charge in [-0.05, 0) is 60.4 Å². The number of nitrogens with one attached hydrogen (secondary N) is 1. The van der Waals surface area contributed by atoms with Crippen LogP contribution in [0.3, 0.4) is 0 Å². The van der Waals surface area contributed by atoms with Crippen LogP contribution in [0.4, 0.5) is 17.6 Å². The fraction of sp³-hybridized carbons (Fsp3) is 0.261. The molecule has 9 heteroatoms. The first-order chi connectivity index (χ1) is 15.0. The predicted molar refractivity (Wildman–Crippen MR) is 111 cm³/mol. The van der Waals surface area contributed by atoms with Crippen molar-refractivity contribution >= 4 is 5.91 Å². The monoisotopic (exact) mass is 447 g/mol. The summed E-state index contributed by atoms with van der Waals surface area (Å²) in [6.07, 6.45) is -4.11. The fourth-order valence-electron chi connectivity index (χ4n) is 3.21. The van der Waals surface area contributed by atoms with E-state index in [0.717, 1.165) is 35.0 Å². The molecular formula is C23H21F4N3O2. The van der Waals surface area contributed by atoms with E-state index in [1.54, 1.807) is 0 Å². The van der Waals surface area contributed by atoms with Gasteiger partial charge in [-0.15, -0.1) is 0 Å². The van der Waals surface area contributed by atoms with E-state index in [4.69, 9.17) is 0 Å². The van der Waals surface area contributed by atoms with Crippen molar-refractivity contribution in [2.75, 3.05) is 0 Å². The SMILES string of the molecule is CC(C)C[C@H](NC(=O)c1ccc(=O)n(-c2ccc(F)cc2)n1)c1cccc(C(F)(F)F)c1. The summed E-state index contributed by atoms with van der Waals surface area (Å²) < 4.78 is 53.5. The van der Waals surface area contributed by atoms with Crippen LogP contribution in [0.15, 0.2) is 65.5 Å². The smallest absolute Gasteiger partial charge is 0.344 e. The quantitative estimate of drug-likeness (QED) is 0.547. The molecule has 168 valence electrons. The molecule has 1 heterocycles. The van der Waals surface area contributed by atoms with Gasteiger partial charge in [0.05, 0.1) is 17.3 Å². The first-order valence-electron chi connectivity index (χ1n) is 9.89. The number of alkyl halides is 3. The molecule has 0 aliphatic heterocycles. The summed E-state index contributed by atoms with van der Waals surface area (Å²) in [5.74, 6) is -1.06. The van der Waals surface area contributed by atoms with Crippen LogP contribution in [0.25, 0.3) is 5.69 Å². The normalized spacial score (nSPS) is 12.6. The molecule has 1 atom stereocenters. The van der Waals surface area contributed by atoms with Crippen molar-refractivity contribution in [3.63, 3.8) is 0 Å². The second-order valence-electron chi connectivity index (χ2n) is 7.72. The van der Waals surface area contributed by atoms with E-state index in [0.29, 0.717) is 12.0 Å². The number of hydrogen-bond acceptors (Lipinski definition) is 3. The number of carbonyl (C=O) groups excluding carboxylic acids is 1. The average Bonchev–Trinajstić information content (AvgIpc) is 2.73. The Hall–Kier alpha value is -3.49. The maximum Gasteiger partial charge on any atom is 0.416 e. The third kappa shape index (κ3) is 5.60. The number of carbonyl (C=O) groups is 1. The molecule has 0 radical (unpaired) electrons. The molecule has 5 nitrogen and oxygen atoms in total. The molecule has 0 saturated heterocycles. The van der Waals surface area contributed by atoms with Crippen LogP contribution < -0.4 is 10.9 Å². The van der Waals surface area contributed by atoms with Gasteiger partial charge in [-0.2, -0.15) is 23.0 Å². The highest BCUT2D eigenvalue weighted by atomic mass is 19.4. The van der Waals surface area contributed by atoms with Gasteiger partial charge in [-0.3, -0.25) is 9.59 Å². The second-order valence-corrected chi connectivity index (χ2v) is 7.72. The Labute approximate surface area is 181 Å². The van der Waals surface area contributed by atoms with Crippen LogP contribution in [0, 0.1) is 11.7 Å². The summed E-state index contributed by atoms with van der Waals surface area (Å²) in [6.45, 7) is 3.78. The Morgan fingerprint density at radius 3 is 2.38 bits per heavy atom. The number of nitrogens with zero attached hydrogens (tertiary/aromatic N) is 2. The molecule has 2 aromatic carbocycles. The molecule has 0 aliphatic carbocycles. The maximum atomic E-state index is 13.2. The fourth-order valence-corrected chi connectivity index (χ4v) is 3.21. The Morgan fingerprint density at radius 1 is 1.06 bits per heavy atom. The van der Waals surface area contributed by atoms with Gasteiger partial charge in [0.2, 0.25) is 0 Å². The maximum absolute atomic E-state index is 13.2. The van der Waals surface area contributed by atoms with Gasteiger partial charge < -0.3 is 5.32 Å². The van der Waals surface area contributed by atoms with E-state index in [9.17, 15) is 27.2 Å². The van der Waals surface area contributed by atoms with Crippen LogP contribution >= 0.6 is 0 Å². The molecule has 0 aliphatic rings. The number of aromatic nitrogens is 2. The van der Waals surface area contributed by atoms with Crippen molar-refractivity contribution in [1.82, 2.24) is 15.1 Å². The summed E-state index contributed by atoms with van der Waals surface area (Å²) in [6, 6.07) is 11.5. The first-order valence-corrected chi connectivity index (χ1v) is 9.89. The van der Waals surface area contributed by atoms with Gasteiger partial charge in [0.1, 0.15) is 11.5 Å². The topological polar surface area (TPSA) is 64.0 Å². The molecular weight excluding hydrogens is 426 g/mol. The number of benzene rings is 2. The van der Waals surface area contributed by atoms with Crippen molar-refractivity contribution in [2.45, 2.75) is 32.5 Å². The minimum atomic E-state index is -4.51. The lowest BCUT2D eigenvalue weighted by Crippen LogP contribution is -2.32. The van der Waals surface area contributed by atoms with E-state index >= 15 is 0 Å². The molecule has 0 unspecified atom stereocenters. The Morgan fingerprint density at radius 2 is 1.75 bits per heavy atom. The van der Waals surface area contributed by atoms with Gasteiger partial charge in [0, 0.05) is 6.07 Å². The van der Waals surface area contributed by atoms with Gasteiger partial charge in [0.15, 0.2) is 0 Å². The Bertz CT molecular complexity index is 1150. The van der Waals surface area contributed by atoms with Crippen molar-refractivity contribution in [3.8, 4) is 5.69 Å². The van der Waals surface area contributed by atoms with E-state index in [-0.39, 0.29) is 17.3 Å². The second kappa shape index (κ2) is 9.33. The van der Waals surface area contributed by atoms with Gasteiger partial charge in [-0.25, -0.2) is 4.39 Å². The summed E-state index contributed by atoms with van der Waals surface area (Å²) >= 11 is 0. The molecule has 1 aromatic heterocycles. The highest BCUT2D eigenvalue weighted by Crippen LogP contribution is 2.32. The molecule has 32 heavy (non-hydrogen) atoms. The zero-order valence-electron chi connectivity index (χ0n) is 17.4. The summed E-state index contributed by atoms with van der Waals surface area (Å²) in [7, 11) is 0. The van der Waals surface area contributed by atoms with Crippen LogP contribution in [0.2, 0.25) is 0 Å². The van der Waals surface area contributed by atoms with Crippen molar-refractivity contribution in [3.05, 3.63) is 93.7 Å². The molecule has 1 amide bonds. The van der Waals surface area contributed by atoms with Crippen LogP contribution in [0.1, 0.15) is 47.9 Å². The van der Waals surface area contributed by atoms with Gasteiger partial charge >= 0.3 is 6.18 Å². The summed E-state index contributed by atoms with van der Waals surface area (Å²) in [5.41, 5.74) is -0.850. The largest absolute Gasteiger partial charge is 0.416 e. The lowest BCUT2D eigenvalue weighted by atomic mass is 9.95. The van der Waals surface area contributed by atoms with Crippen molar-refractivity contribution in [2.24, 2.45) is 5.92 Å². The Kier molecular flexibility index (Phi) is 6.76. The molecule has 3 rings (SSSR count). The first kappa shape index (κ1) is 23.2. The lowest BCUT2D eigenvalue weighted by Gasteiger charge is -2.22. The Balaban J connectivity index is 1.91. The van der Waals surface area contributed by atoms with Crippen LogP contribution in [0.5, 0.6) is 0 Å². The zero-order chi connectivity index (χ0) is 23.5. The summed E-state index contributed by atoms with van der Waals surface area (Å²) in [4.78, 5) is 25.0. The van der Waals surface area contributed by atoms with E-state index in [1.807, 2.05) is 13.8 Å². The van der Waals surface area contributed by atoms with Crippen molar-refractivity contribution in [1.29, 1.82) is 0 Å². The molecule has 0 bridgehead atoms. The minimum absolute atomic E-state index is 0.0796. The van der Waals surface area contributed by atoms with Crippen LogP contribution in [-0.2, 0) is 6.18 Å². The molecule has 0 spiro atoms. The molecule has 3 aromatic rings. The third-order valence-electron chi connectivity index (χ3n) is 4.73. The number of hydrogen-bond donors (Lipinski definition) is 1. The molecule has 0 fully saturated rings. The number of halogens is 4. The average molecular weight is 447 g/mol. The zero-order valence-corrected chi connectivity index (χ0v) is 17.4. The van der Waals surface area contributed by atoms with Gasteiger partial charge in [-0.1, -0.05) is 26.0 Å². The van der Waals surface area contributed by atoms with E-state index in [2.05, 4.69) is 10.4 Å². The highest BCUT2D eigenvalue weighted by molar-refractivity contribution is 5.92.